The van der Waals surface area contributed by atoms with E-state index in [1.807, 2.05) is 0 Å². The Morgan fingerprint density at radius 3 is 3.05 bits per heavy atom. The molecule has 0 bridgehead atoms. The maximum atomic E-state index is 13.1. The molecule has 2 aliphatic rings. The highest BCUT2D eigenvalue weighted by molar-refractivity contribution is 5.79. The van der Waals surface area contributed by atoms with Crippen LogP contribution in [0.15, 0.2) is 18.2 Å². The number of benzene rings is 1. The molecule has 20 heavy (non-hydrogen) atoms. The topological polar surface area (TPSA) is 44.8 Å². The fourth-order valence-electron chi connectivity index (χ4n) is 2.85. The first-order valence-corrected chi connectivity index (χ1v) is 6.84. The molecule has 1 spiro atoms. The van der Waals surface area contributed by atoms with E-state index in [9.17, 15) is 9.18 Å². The molecule has 1 aromatic rings. The molecular formula is C15H17FO4. The van der Waals surface area contributed by atoms with Gasteiger partial charge in [-0.1, -0.05) is 0 Å². The van der Waals surface area contributed by atoms with Gasteiger partial charge < -0.3 is 14.2 Å². The third kappa shape index (κ3) is 2.69. The standard InChI is InChI=1S/C15H17FO4/c16-12-1-2-14(11(7-12)9-17)20-13-3-5-19-15(8-13)4-6-18-10-15/h1-2,7,9,13H,3-6,8,10H2. The number of aldehydes is 1. The van der Waals surface area contributed by atoms with Gasteiger partial charge in [0.25, 0.3) is 0 Å². The van der Waals surface area contributed by atoms with Crippen LogP contribution in [0.1, 0.15) is 29.6 Å². The first-order chi connectivity index (χ1) is 9.71. The van der Waals surface area contributed by atoms with Crippen LogP contribution in [0.2, 0.25) is 0 Å². The van der Waals surface area contributed by atoms with Crippen molar-refractivity contribution in [2.24, 2.45) is 0 Å². The molecule has 2 unspecified atom stereocenters. The minimum Gasteiger partial charge on any atom is -0.489 e. The van der Waals surface area contributed by atoms with Gasteiger partial charge in [0.2, 0.25) is 0 Å². The van der Waals surface area contributed by atoms with Crippen LogP contribution in [0.3, 0.4) is 0 Å². The van der Waals surface area contributed by atoms with Crippen LogP contribution in [0.5, 0.6) is 5.75 Å². The Morgan fingerprint density at radius 1 is 1.40 bits per heavy atom. The second kappa shape index (κ2) is 5.50. The van der Waals surface area contributed by atoms with Gasteiger partial charge in [0.05, 0.1) is 24.4 Å². The first-order valence-electron chi connectivity index (χ1n) is 6.84. The lowest BCUT2D eigenvalue weighted by Crippen LogP contribution is -2.44. The molecule has 5 heteroatoms. The van der Waals surface area contributed by atoms with Crippen LogP contribution in [0.4, 0.5) is 4.39 Å². The van der Waals surface area contributed by atoms with E-state index < -0.39 is 5.82 Å². The summed E-state index contributed by atoms with van der Waals surface area (Å²) in [5, 5.41) is 0. The second-order valence-electron chi connectivity index (χ2n) is 5.37. The van der Waals surface area contributed by atoms with Crippen molar-refractivity contribution in [3.63, 3.8) is 0 Å². The van der Waals surface area contributed by atoms with Crippen molar-refractivity contribution in [3.05, 3.63) is 29.6 Å². The maximum Gasteiger partial charge on any atom is 0.153 e. The summed E-state index contributed by atoms with van der Waals surface area (Å²) in [6, 6.07) is 4.00. The highest BCUT2D eigenvalue weighted by Crippen LogP contribution is 2.35. The van der Waals surface area contributed by atoms with Gasteiger partial charge in [0, 0.05) is 25.9 Å². The Balaban J connectivity index is 1.72. The molecule has 108 valence electrons. The Morgan fingerprint density at radius 2 is 2.30 bits per heavy atom. The Hall–Kier alpha value is -1.46. The lowest BCUT2D eigenvalue weighted by molar-refractivity contribution is -0.112. The highest BCUT2D eigenvalue weighted by Gasteiger charge is 2.41. The van der Waals surface area contributed by atoms with E-state index in [0.29, 0.717) is 31.9 Å². The number of ether oxygens (including phenoxy) is 3. The van der Waals surface area contributed by atoms with Crippen LogP contribution in [-0.2, 0) is 9.47 Å². The Kier molecular flexibility index (Phi) is 3.72. The number of halogens is 1. The quantitative estimate of drug-likeness (QED) is 0.797. The van der Waals surface area contributed by atoms with Crippen molar-refractivity contribution in [1.82, 2.24) is 0 Å². The fraction of sp³-hybridized carbons (Fsp3) is 0.533. The van der Waals surface area contributed by atoms with Crippen LogP contribution in [0, 0.1) is 5.82 Å². The van der Waals surface area contributed by atoms with Gasteiger partial charge >= 0.3 is 0 Å². The normalized spacial score (nSPS) is 29.6. The number of rotatable bonds is 3. The van der Waals surface area contributed by atoms with E-state index in [0.717, 1.165) is 19.3 Å². The average Bonchev–Trinajstić information content (AvgIpc) is 2.89. The van der Waals surface area contributed by atoms with Gasteiger partial charge in [0.1, 0.15) is 17.7 Å². The number of carbonyl (C=O) groups is 1. The highest BCUT2D eigenvalue weighted by atomic mass is 19.1. The molecule has 2 heterocycles. The van der Waals surface area contributed by atoms with E-state index >= 15 is 0 Å². The monoisotopic (exact) mass is 280 g/mol. The zero-order valence-corrected chi connectivity index (χ0v) is 11.1. The third-order valence-electron chi connectivity index (χ3n) is 3.91. The molecule has 0 amide bonds. The van der Waals surface area contributed by atoms with Gasteiger partial charge in [-0.05, 0) is 18.2 Å². The van der Waals surface area contributed by atoms with Crippen molar-refractivity contribution in [2.45, 2.75) is 31.0 Å². The molecule has 1 aromatic carbocycles. The molecule has 2 saturated heterocycles. The molecule has 2 atom stereocenters. The van der Waals surface area contributed by atoms with Gasteiger partial charge in [0.15, 0.2) is 6.29 Å². The van der Waals surface area contributed by atoms with Crippen LogP contribution in [-0.4, -0.2) is 37.8 Å². The molecule has 4 nitrogen and oxygen atoms in total. The Bertz CT molecular complexity index is 497. The van der Waals surface area contributed by atoms with E-state index in [4.69, 9.17) is 14.2 Å². The van der Waals surface area contributed by atoms with Gasteiger partial charge in [-0.3, -0.25) is 4.79 Å². The smallest absolute Gasteiger partial charge is 0.153 e. The van der Waals surface area contributed by atoms with Crippen molar-refractivity contribution in [1.29, 1.82) is 0 Å². The minimum absolute atomic E-state index is 0.0328. The van der Waals surface area contributed by atoms with Crippen molar-refractivity contribution >= 4 is 6.29 Å². The van der Waals surface area contributed by atoms with Crippen LogP contribution < -0.4 is 4.74 Å². The summed E-state index contributed by atoms with van der Waals surface area (Å²) in [5.41, 5.74) is -0.00203. The van der Waals surface area contributed by atoms with Crippen LogP contribution >= 0.6 is 0 Å². The predicted octanol–water partition coefficient (Wildman–Crippen LogP) is 2.36. The summed E-state index contributed by atoms with van der Waals surface area (Å²) in [6.45, 7) is 1.92. The van der Waals surface area contributed by atoms with Crippen molar-refractivity contribution in [3.8, 4) is 5.75 Å². The number of hydrogen-bond donors (Lipinski definition) is 0. The van der Waals surface area contributed by atoms with Gasteiger partial charge in [-0.15, -0.1) is 0 Å². The second-order valence-corrected chi connectivity index (χ2v) is 5.37. The largest absolute Gasteiger partial charge is 0.489 e. The molecule has 0 saturated carbocycles. The lowest BCUT2D eigenvalue weighted by Gasteiger charge is -2.37. The molecular weight excluding hydrogens is 263 g/mol. The van der Waals surface area contributed by atoms with Crippen molar-refractivity contribution < 1.29 is 23.4 Å². The summed E-state index contributed by atoms with van der Waals surface area (Å²) in [4.78, 5) is 11.0. The third-order valence-corrected chi connectivity index (χ3v) is 3.91. The average molecular weight is 280 g/mol. The van der Waals surface area contributed by atoms with E-state index in [1.165, 1.54) is 18.2 Å². The van der Waals surface area contributed by atoms with E-state index in [1.54, 1.807) is 0 Å². The Labute approximate surface area is 116 Å². The first kappa shape index (κ1) is 13.5. The molecule has 0 radical (unpaired) electrons. The molecule has 0 N–H and O–H groups in total. The summed E-state index contributed by atoms with van der Waals surface area (Å²) in [7, 11) is 0. The fourth-order valence-corrected chi connectivity index (χ4v) is 2.85. The number of hydrogen-bond acceptors (Lipinski definition) is 4. The lowest BCUT2D eigenvalue weighted by atomic mass is 9.91. The van der Waals surface area contributed by atoms with Crippen molar-refractivity contribution in [2.75, 3.05) is 19.8 Å². The molecule has 0 aliphatic carbocycles. The molecule has 3 rings (SSSR count). The molecule has 2 aliphatic heterocycles. The minimum atomic E-state index is -0.438. The zero-order valence-electron chi connectivity index (χ0n) is 11.1. The summed E-state index contributed by atoms with van der Waals surface area (Å²) < 4.78 is 30.2. The molecule has 0 aromatic heterocycles. The van der Waals surface area contributed by atoms with E-state index in [-0.39, 0.29) is 17.3 Å². The van der Waals surface area contributed by atoms with E-state index in [2.05, 4.69) is 0 Å². The molecule has 2 fully saturated rings. The van der Waals surface area contributed by atoms with Gasteiger partial charge in [-0.2, -0.15) is 0 Å². The number of carbonyl (C=O) groups excluding carboxylic acids is 1. The zero-order chi connectivity index (χ0) is 14.0. The maximum absolute atomic E-state index is 13.1. The van der Waals surface area contributed by atoms with Gasteiger partial charge in [-0.25, -0.2) is 4.39 Å². The SMILES string of the molecule is O=Cc1cc(F)ccc1OC1CCOC2(CCOC2)C1. The predicted molar refractivity (Wildman–Crippen MR) is 69.6 cm³/mol. The van der Waals surface area contributed by atoms with Crippen LogP contribution in [0.25, 0.3) is 0 Å². The summed E-state index contributed by atoms with van der Waals surface area (Å²) >= 11 is 0. The summed E-state index contributed by atoms with van der Waals surface area (Å²) in [6.07, 6.45) is 2.96. The summed E-state index contributed by atoms with van der Waals surface area (Å²) in [5.74, 6) is -0.00513.